The van der Waals surface area contributed by atoms with Crippen LogP contribution in [0.1, 0.15) is 18.7 Å². The molecule has 1 aromatic carbocycles. The number of furan rings is 1. The van der Waals surface area contributed by atoms with Crippen LogP contribution in [-0.4, -0.2) is 24.9 Å². The van der Waals surface area contributed by atoms with Crippen molar-refractivity contribution in [2.24, 2.45) is 0 Å². The smallest absolute Gasteiger partial charge is 0.244 e. The molecular formula is C16H17N3O3. The van der Waals surface area contributed by atoms with Gasteiger partial charge in [0.15, 0.2) is 0 Å². The van der Waals surface area contributed by atoms with Gasteiger partial charge in [0, 0.05) is 0 Å². The zero-order chi connectivity index (χ0) is 15.5. The van der Waals surface area contributed by atoms with Crippen LogP contribution in [0.25, 0.3) is 0 Å². The summed E-state index contributed by atoms with van der Waals surface area (Å²) in [5.74, 6) is 0.427. The number of hydrogen-bond donors (Lipinski definition) is 2. The van der Waals surface area contributed by atoms with Crippen LogP contribution in [-0.2, 0) is 9.59 Å². The maximum atomic E-state index is 12.4. The van der Waals surface area contributed by atoms with Crippen molar-refractivity contribution in [2.45, 2.75) is 13.0 Å². The number of para-hydroxylation sites is 2. The van der Waals surface area contributed by atoms with Crippen LogP contribution in [0.3, 0.4) is 0 Å². The molecule has 2 heterocycles. The van der Waals surface area contributed by atoms with Crippen molar-refractivity contribution in [3.8, 4) is 0 Å². The lowest BCUT2D eigenvalue weighted by atomic mass is 10.2. The molecule has 22 heavy (non-hydrogen) atoms. The lowest BCUT2D eigenvalue weighted by Gasteiger charge is -2.29. The molecule has 0 aliphatic carbocycles. The van der Waals surface area contributed by atoms with Crippen LogP contribution in [0.15, 0.2) is 47.1 Å². The Morgan fingerprint density at radius 1 is 1.36 bits per heavy atom. The maximum Gasteiger partial charge on any atom is 0.244 e. The molecule has 1 aliphatic heterocycles. The van der Waals surface area contributed by atoms with E-state index >= 15 is 0 Å². The minimum atomic E-state index is -0.189. The van der Waals surface area contributed by atoms with Crippen molar-refractivity contribution >= 4 is 23.2 Å². The summed E-state index contributed by atoms with van der Waals surface area (Å²) in [7, 11) is 0. The maximum absolute atomic E-state index is 12.4. The number of benzene rings is 1. The zero-order valence-corrected chi connectivity index (χ0v) is 12.2. The zero-order valence-electron chi connectivity index (χ0n) is 12.2. The molecular weight excluding hydrogens is 282 g/mol. The number of rotatable bonds is 4. The molecule has 0 radical (unpaired) electrons. The second-order valence-electron chi connectivity index (χ2n) is 5.16. The van der Waals surface area contributed by atoms with E-state index in [0.29, 0.717) is 5.69 Å². The summed E-state index contributed by atoms with van der Waals surface area (Å²) in [4.78, 5) is 25.7. The van der Waals surface area contributed by atoms with Crippen LogP contribution >= 0.6 is 0 Å². The third-order valence-electron chi connectivity index (χ3n) is 3.60. The lowest BCUT2D eigenvalue weighted by molar-refractivity contribution is -0.121. The molecule has 1 atom stereocenters. The van der Waals surface area contributed by atoms with Gasteiger partial charge in [0.25, 0.3) is 0 Å². The quantitative estimate of drug-likeness (QED) is 0.904. The van der Waals surface area contributed by atoms with Gasteiger partial charge >= 0.3 is 0 Å². The fourth-order valence-electron chi connectivity index (χ4n) is 2.43. The van der Waals surface area contributed by atoms with Gasteiger partial charge in [0.2, 0.25) is 11.8 Å². The Hall–Kier alpha value is -2.60. The van der Waals surface area contributed by atoms with E-state index in [1.54, 1.807) is 18.4 Å². The van der Waals surface area contributed by atoms with Crippen molar-refractivity contribution in [3.63, 3.8) is 0 Å². The highest BCUT2D eigenvalue weighted by molar-refractivity contribution is 6.10. The topological polar surface area (TPSA) is 74.6 Å². The number of nitrogens with one attached hydrogen (secondary N) is 2. The van der Waals surface area contributed by atoms with Crippen LogP contribution in [0.2, 0.25) is 0 Å². The highest BCUT2D eigenvalue weighted by atomic mass is 16.3. The Bertz CT molecular complexity index is 682. The van der Waals surface area contributed by atoms with Crippen molar-refractivity contribution in [2.75, 3.05) is 23.3 Å². The van der Waals surface area contributed by atoms with Crippen molar-refractivity contribution in [1.82, 2.24) is 5.32 Å². The minimum Gasteiger partial charge on any atom is -0.468 e. The first kappa shape index (κ1) is 14.3. The van der Waals surface area contributed by atoms with E-state index in [0.717, 1.165) is 11.4 Å². The van der Waals surface area contributed by atoms with Crippen molar-refractivity contribution in [3.05, 3.63) is 48.4 Å². The second kappa shape index (κ2) is 6.03. The highest BCUT2D eigenvalue weighted by Gasteiger charge is 2.26. The number of amides is 2. The van der Waals surface area contributed by atoms with Crippen LogP contribution in [0, 0.1) is 0 Å². The number of hydrogen-bond acceptors (Lipinski definition) is 4. The Balaban J connectivity index is 1.69. The minimum absolute atomic E-state index is 0.0344. The summed E-state index contributed by atoms with van der Waals surface area (Å²) >= 11 is 0. The Kier molecular flexibility index (Phi) is 3.93. The predicted molar refractivity (Wildman–Crippen MR) is 82.6 cm³/mol. The first-order valence-corrected chi connectivity index (χ1v) is 7.11. The number of anilines is 2. The molecule has 1 aliphatic rings. The van der Waals surface area contributed by atoms with E-state index in [2.05, 4.69) is 10.6 Å². The van der Waals surface area contributed by atoms with Gasteiger partial charge in [-0.05, 0) is 31.2 Å². The van der Waals surface area contributed by atoms with E-state index in [9.17, 15) is 9.59 Å². The SMILES string of the molecule is C[C@H](NCC(=O)N1CC(=O)Nc2ccccc21)c1ccco1. The van der Waals surface area contributed by atoms with Gasteiger partial charge in [0.1, 0.15) is 12.3 Å². The van der Waals surface area contributed by atoms with Crippen LogP contribution in [0.4, 0.5) is 11.4 Å². The Morgan fingerprint density at radius 2 is 2.18 bits per heavy atom. The molecule has 0 saturated heterocycles. The van der Waals surface area contributed by atoms with Crippen molar-refractivity contribution < 1.29 is 14.0 Å². The van der Waals surface area contributed by atoms with Gasteiger partial charge < -0.3 is 9.73 Å². The molecule has 0 bridgehead atoms. The molecule has 0 saturated carbocycles. The summed E-state index contributed by atoms with van der Waals surface area (Å²) in [6.07, 6.45) is 1.60. The number of nitrogens with zero attached hydrogens (tertiary/aromatic N) is 1. The van der Waals surface area contributed by atoms with E-state index < -0.39 is 0 Å². The summed E-state index contributed by atoms with van der Waals surface area (Å²) in [5, 5.41) is 5.87. The lowest BCUT2D eigenvalue weighted by Crippen LogP contribution is -2.46. The van der Waals surface area contributed by atoms with E-state index in [1.165, 1.54) is 4.90 Å². The van der Waals surface area contributed by atoms with Gasteiger partial charge in [-0.3, -0.25) is 19.8 Å². The highest BCUT2D eigenvalue weighted by Crippen LogP contribution is 2.28. The molecule has 0 spiro atoms. The normalized spacial score (nSPS) is 15.1. The summed E-state index contributed by atoms with van der Waals surface area (Å²) in [6.45, 7) is 2.08. The van der Waals surface area contributed by atoms with E-state index in [-0.39, 0.29) is 30.9 Å². The van der Waals surface area contributed by atoms with Gasteiger partial charge in [0.05, 0.1) is 30.2 Å². The molecule has 2 aromatic rings. The summed E-state index contributed by atoms with van der Waals surface area (Å²) in [6, 6.07) is 10.9. The molecule has 3 rings (SSSR count). The second-order valence-corrected chi connectivity index (χ2v) is 5.16. The van der Waals surface area contributed by atoms with Crippen LogP contribution in [0.5, 0.6) is 0 Å². The van der Waals surface area contributed by atoms with Crippen molar-refractivity contribution in [1.29, 1.82) is 0 Å². The van der Waals surface area contributed by atoms with Gasteiger partial charge in [-0.15, -0.1) is 0 Å². The fraction of sp³-hybridized carbons (Fsp3) is 0.250. The molecule has 2 amide bonds. The molecule has 6 nitrogen and oxygen atoms in total. The molecule has 2 N–H and O–H groups in total. The summed E-state index contributed by atoms with van der Waals surface area (Å²) < 4.78 is 5.29. The molecule has 1 aromatic heterocycles. The fourth-order valence-corrected chi connectivity index (χ4v) is 2.43. The van der Waals surface area contributed by atoms with Gasteiger partial charge in [-0.25, -0.2) is 0 Å². The average Bonchev–Trinajstić information content (AvgIpc) is 3.06. The van der Waals surface area contributed by atoms with Crippen LogP contribution < -0.4 is 15.5 Å². The molecule has 0 unspecified atom stereocenters. The molecule has 0 fully saturated rings. The first-order chi connectivity index (χ1) is 10.6. The summed E-state index contributed by atoms with van der Waals surface area (Å²) in [5.41, 5.74) is 1.38. The third kappa shape index (κ3) is 2.87. The number of carbonyl (C=O) groups excluding carboxylic acids is 2. The van der Waals surface area contributed by atoms with E-state index in [1.807, 2.05) is 31.2 Å². The molecule has 6 heteroatoms. The largest absolute Gasteiger partial charge is 0.468 e. The van der Waals surface area contributed by atoms with E-state index in [4.69, 9.17) is 4.42 Å². The Morgan fingerprint density at radius 3 is 2.95 bits per heavy atom. The average molecular weight is 299 g/mol. The number of fused-ring (bicyclic) bond motifs is 1. The first-order valence-electron chi connectivity index (χ1n) is 7.11. The third-order valence-corrected chi connectivity index (χ3v) is 3.60. The monoisotopic (exact) mass is 299 g/mol. The van der Waals surface area contributed by atoms with Gasteiger partial charge in [-0.2, -0.15) is 0 Å². The standard InChI is InChI=1S/C16H17N3O3/c1-11(14-7-4-8-22-14)17-9-16(21)19-10-15(20)18-12-5-2-3-6-13(12)19/h2-8,11,17H,9-10H2,1H3,(H,18,20)/t11-/m0/s1. The Labute approximate surface area is 128 Å². The number of carbonyl (C=O) groups is 2. The molecule has 114 valence electrons. The van der Waals surface area contributed by atoms with Gasteiger partial charge in [-0.1, -0.05) is 12.1 Å². The predicted octanol–water partition coefficient (Wildman–Crippen LogP) is 1.92.